The van der Waals surface area contributed by atoms with Crippen LogP contribution in [0.2, 0.25) is 5.02 Å². The maximum absolute atomic E-state index is 13.2. The van der Waals surface area contributed by atoms with E-state index in [1.54, 1.807) is 6.20 Å². The van der Waals surface area contributed by atoms with Crippen molar-refractivity contribution in [2.24, 2.45) is 0 Å². The van der Waals surface area contributed by atoms with Crippen LogP contribution >= 0.6 is 11.6 Å². The summed E-state index contributed by atoms with van der Waals surface area (Å²) in [5.41, 5.74) is 3.93. The monoisotopic (exact) mass is 433 g/mol. The number of fused-ring (bicyclic) bond motifs is 1. The molecule has 0 saturated carbocycles. The summed E-state index contributed by atoms with van der Waals surface area (Å²) < 4.78 is 6.06. The molecule has 5 rings (SSSR count). The van der Waals surface area contributed by atoms with E-state index in [-0.39, 0.29) is 11.8 Å². The van der Waals surface area contributed by atoms with E-state index >= 15 is 0 Å². The number of benzene rings is 2. The summed E-state index contributed by atoms with van der Waals surface area (Å²) in [5, 5.41) is 1.82. The van der Waals surface area contributed by atoms with Gasteiger partial charge in [-0.2, -0.15) is 0 Å². The molecule has 158 valence electrons. The zero-order valence-corrected chi connectivity index (χ0v) is 18.2. The maximum Gasteiger partial charge on any atom is 0.270 e. The lowest BCUT2D eigenvalue weighted by Gasteiger charge is -2.31. The van der Waals surface area contributed by atoms with Crippen LogP contribution in [0.5, 0.6) is 0 Å². The number of aromatic amines is 1. The van der Waals surface area contributed by atoms with Crippen LogP contribution in [0.4, 0.5) is 0 Å². The summed E-state index contributed by atoms with van der Waals surface area (Å²) in [6, 6.07) is 15.8. The lowest BCUT2D eigenvalue weighted by molar-refractivity contribution is 0.0693. The number of nitrogens with zero attached hydrogens (tertiary/aromatic N) is 2. The number of carbonyl (C=O) groups excluding carboxylic acids is 1. The number of oxazole rings is 1. The van der Waals surface area contributed by atoms with Gasteiger partial charge in [-0.3, -0.25) is 4.79 Å². The molecule has 1 amide bonds. The van der Waals surface area contributed by atoms with Gasteiger partial charge in [0.05, 0.1) is 12.1 Å². The van der Waals surface area contributed by atoms with E-state index in [1.807, 2.05) is 47.4 Å². The average molecular weight is 434 g/mol. The smallest absolute Gasteiger partial charge is 0.270 e. The molecule has 1 atom stereocenters. The minimum atomic E-state index is 0.0354. The fourth-order valence-corrected chi connectivity index (χ4v) is 4.48. The molecule has 1 aliphatic rings. The van der Waals surface area contributed by atoms with Gasteiger partial charge in [0.25, 0.3) is 5.91 Å². The number of aromatic nitrogens is 2. The highest BCUT2D eigenvalue weighted by atomic mass is 35.5. The largest absolute Gasteiger partial charge is 0.445 e. The summed E-state index contributed by atoms with van der Waals surface area (Å²) in [6.07, 6.45) is 4.38. The van der Waals surface area contributed by atoms with E-state index in [1.165, 1.54) is 0 Å². The first-order chi connectivity index (χ1) is 15.1. The van der Waals surface area contributed by atoms with Crippen LogP contribution in [0.3, 0.4) is 0 Å². The van der Waals surface area contributed by atoms with Crippen molar-refractivity contribution in [1.82, 2.24) is 14.9 Å². The van der Waals surface area contributed by atoms with E-state index in [0.29, 0.717) is 24.6 Å². The Bertz CT molecular complexity index is 1230. The van der Waals surface area contributed by atoms with Crippen LogP contribution in [-0.2, 0) is 6.42 Å². The number of amides is 1. The van der Waals surface area contributed by atoms with Crippen LogP contribution in [0.25, 0.3) is 10.9 Å². The van der Waals surface area contributed by atoms with Crippen molar-refractivity contribution in [2.45, 2.75) is 32.1 Å². The molecule has 0 spiro atoms. The molecule has 0 aliphatic carbocycles. The lowest BCUT2D eigenvalue weighted by atomic mass is 9.97. The summed E-state index contributed by atoms with van der Waals surface area (Å²) >= 11 is 5.96. The van der Waals surface area contributed by atoms with Gasteiger partial charge in [-0.25, -0.2) is 4.98 Å². The number of H-pyrrole nitrogens is 1. The summed E-state index contributed by atoms with van der Waals surface area (Å²) in [5.74, 6) is 1.69. The summed E-state index contributed by atoms with van der Waals surface area (Å²) in [6.45, 7) is 3.43. The van der Waals surface area contributed by atoms with E-state index in [2.05, 4.69) is 23.0 Å². The van der Waals surface area contributed by atoms with Gasteiger partial charge < -0.3 is 14.3 Å². The molecule has 5 nitrogen and oxygen atoms in total. The minimum absolute atomic E-state index is 0.0354. The molecule has 0 bridgehead atoms. The fourth-order valence-electron chi connectivity index (χ4n) is 4.35. The van der Waals surface area contributed by atoms with Crippen LogP contribution in [0.1, 0.15) is 52.0 Å². The SMILES string of the molecule is Cc1cccc2[nH]c(C(=O)N3CCC[C@H](c4ncc(Cc5ccc(Cl)cc5)o4)C3)cc12. The Morgan fingerprint density at radius 1 is 1.26 bits per heavy atom. The van der Waals surface area contributed by atoms with Crippen molar-refractivity contribution in [3.05, 3.63) is 88.2 Å². The van der Waals surface area contributed by atoms with Crippen molar-refractivity contribution < 1.29 is 9.21 Å². The molecule has 3 heterocycles. The number of nitrogens with one attached hydrogen (secondary N) is 1. The molecular formula is C25H24ClN3O2. The van der Waals surface area contributed by atoms with Crippen LogP contribution in [0, 0.1) is 6.92 Å². The molecule has 1 fully saturated rings. The predicted octanol–water partition coefficient (Wildman–Crippen LogP) is 5.73. The van der Waals surface area contributed by atoms with E-state index in [0.717, 1.165) is 52.2 Å². The highest BCUT2D eigenvalue weighted by Crippen LogP contribution is 2.29. The molecule has 2 aromatic heterocycles. The molecule has 31 heavy (non-hydrogen) atoms. The molecule has 0 radical (unpaired) electrons. The Morgan fingerprint density at radius 3 is 2.90 bits per heavy atom. The molecule has 1 N–H and O–H groups in total. The predicted molar refractivity (Wildman–Crippen MR) is 122 cm³/mol. The molecular weight excluding hydrogens is 410 g/mol. The van der Waals surface area contributed by atoms with Crippen molar-refractivity contribution in [3.63, 3.8) is 0 Å². The first-order valence-electron chi connectivity index (χ1n) is 10.6. The Hall–Kier alpha value is -3.05. The Morgan fingerprint density at radius 2 is 2.10 bits per heavy atom. The average Bonchev–Trinajstić information content (AvgIpc) is 3.43. The Labute approximate surface area is 186 Å². The van der Waals surface area contributed by atoms with Gasteiger partial charge in [-0.05, 0) is 55.2 Å². The zero-order chi connectivity index (χ0) is 21.4. The zero-order valence-electron chi connectivity index (χ0n) is 17.4. The van der Waals surface area contributed by atoms with Gasteiger partial charge in [-0.1, -0.05) is 35.9 Å². The van der Waals surface area contributed by atoms with Gasteiger partial charge >= 0.3 is 0 Å². The number of rotatable bonds is 4. The highest BCUT2D eigenvalue weighted by Gasteiger charge is 2.29. The number of likely N-dealkylation sites (tertiary alicyclic amines) is 1. The number of aryl methyl sites for hydroxylation is 1. The number of hydrogen-bond donors (Lipinski definition) is 1. The second-order valence-electron chi connectivity index (χ2n) is 8.28. The third-order valence-electron chi connectivity index (χ3n) is 6.03. The number of piperidine rings is 1. The van der Waals surface area contributed by atoms with Gasteiger partial charge in [0, 0.05) is 35.4 Å². The Balaban J connectivity index is 1.29. The van der Waals surface area contributed by atoms with Crippen LogP contribution < -0.4 is 0 Å². The molecule has 2 aromatic carbocycles. The van der Waals surface area contributed by atoms with E-state index in [4.69, 9.17) is 16.0 Å². The Kier molecular flexibility index (Phi) is 5.28. The quantitative estimate of drug-likeness (QED) is 0.447. The second kappa shape index (κ2) is 8.23. The first-order valence-corrected chi connectivity index (χ1v) is 11.0. The normalized spacial score (nSPS) is 16.7. The standard InChI is InChI=1S/C25H24ClN3O2/c1-16-4-2-6-22-21(16)13-23(28-22)25(30)29-11-3-5-18(15-29)24-27-14-20(31-24)12-17-7-9-19(26)10-8-17/h2,4,6-10,13-14,18,28H,3,5,11-12,15H2,1H3/t18-/m0/s1. The molecule has 1 saturated heterocycles. The van der Waals surface area contributed by atoms with Gasteiger partial charge in [0.1, 0.15) is 11.5 Å². The molecule has 4 aromatic rings. The first kappa shape index (κ1) is 19.9. The van der Waals surface area contributed by atoms with Crippen molar-refractivity contribution >= 4 is 28.4 Å². The lowest BCUT2D eigenvalue weighted by Crippen LogP contribution is -2.39. The molecule has 0 unspecified atom stereocenters. The van der Waals surface area contributed by atoms with Crippen molar-refractivity contribution in [2.75, 3.05) is 13.1 Å². The van der Waals surface area contributed by atoms with Crippen LogP contribution in [0.15, 0.2) is 59.1 Å². The maximum atomic E-state index is 13.2. The molecule has 6 heteroatoms. The number of halogens is 1. The topological polar surface area (TPSA) is 62.1 Å². The van der Waals surface area contributed by atoms with Crippen molar-refractivity contribution in [1.29, 1.82) is 0 Å². The van der Waals surface area contributed by atoms with Crippen molar-refractivity contribution in [3.8, 4) is 0 Å². The van der Waals surface area contributed by atoms with E-state index in [9.17, 15) is 4.79 Å². The fraction of sp³-hybridized carbons (Fsp3) is 0.280. The number of hydrogen-bond acceptors (Lipinski definition) is 3. The second-order valence-corrected chi connectivity index (χ2v) is 8.71. The minimum Gasteiger partial charge on any atom is -0.445 e. The third-order valence-corrected chi connectivity index (χ3v) is 6.29. The van der Waals surface area contributed by atoms with Crippen LogP contribution in [-0.4, -0.2) is 33.9 Å². The third kappa shape index (κ3) is 4.10. The van der Waals surface area contributed by atoms with Gasteiger partial charge in [0.15, 0.2) is 5.89 Å². The van der Waals surface area contributed by atoms with Gasteiger partial charge in [0.2, 0.25) is 0 Å². The highest BCUT2D eigenvalue weighted by molar-refractivity contribution is 6.30. The molecule has 1 aliphatic heterocycles. The summed E-state index contributed by atoms with van der Waals surface area (Å²) in [7, 11) is 0. The van der Waals surface area contributed by atoms with Gasteiger partial charge in [-0.15, -0.1) is 0 Å². The van der Waals surface area contributed by atoms with E-state index < -0.39 is 0 Å². The number of carbonyl (C=O) groups is 1. The summed E-state index contributed by atoms with van der Waals surface area (Å²) in [4.78, 5) is 22.9.